The number of nitro groups is 1. The Morgan fingerprint density at radius 2 is 2.25 bits per heavy atom. The number of pyridine rings is 2. The van der Waals surface area contributed by atoms with Crippen LogP contribution in [0.3, 0.4) is 0 Å². The molecule has 0 saturated heterocycles. The van der Waals surface area contributed by atoms with Crippen LogP contribution in [-0.2, 0) is 7.05 Å². The van der Waals surface area contributed by atoms with Gasteiger partial charge in [-0.1, -0.05) is 0 Å². The fourth-order valence-electron chi connectivity index (χ4n) is 1.55. The highest BCUT2D eigenvalue weighted by Gasteiger charge is 2.22. The standard InChI is InChI=1S/C9H8N4O3/c1-12-8-5(3-2-4-11-8)6(10)7(9(12)14)13(15)16/h2-4H,10H2,1H3. The Labute approximate surface area is 89.3 Å². The van der Waals surface area contributed by atoms with E-state index in [1.807, 2.05) is 0 Å². The third kappa shape index (κ3) is 1.22. The molecule has 2 aromatic heterocycles. The smallest absolute Gasteiger partial charge is 0.357 e. The van der Waals surface area contributed by atoms with E-state index in [0.29, 0.717) is 11.0 Å². The van der Waals surface area contributed by atoms with Gasteiger partial charge in [-0.3, -0.25) is 19.5 Å². The summed E-state index contributed by atoms with van der Waals surface area (Å²) in [6, 6.07) is 3.19. The zero-order chi connectivity index (χ0) is 11.9. The molecule has 0 unspecified atom stereocenters. The van der Waals surface area contributed by atoms with Crippen molar-refractivity contribution in [2.24, 2.45) is 7.05 Å². The number of nitrogens with zero attached hydrogens (tertiary/aromatic N) is 3. The van der Waals surface area contributed by atoms with Crippen molar-refractivity contribution in [1.82, 2.24) is 9.55 Å². The van der Waals surface area contributed by atoms with Crippen molar-refractivity contribution < 1.29 is 4.92 Å². The minimum absolute atomic E-state index is 0.142. The SMILES string of the molecule is Cn1c(=O)c([N+](=O)[O-])c(N)c2cccnc21. The topological polar surface area (TPSA) is 104 Å². The maximum absolute atomic E-state index is 11.6. The molecule has 2 aromatic rings. The molecule has 2 N–H and O–H groups in total. The summed E-state index contributed by atoms with van der Waals surface area (Å²) in [6.07, 6.45) is 1.49. The highest BCUT2D eigenvalue weighted by atomic mass is 16.6. The van der Waals surface area contributed by atoms with Gasteiger partial charge in [0, 0.05) is 18.6 Å². The number of rotatable bonds is 1. The summed E-state index contributed by atoms with van der Waals surface area (Å²) in [5.41, 5.74) is 4.42. The molecule has 0 spiro atoms. The van der Waals surface area contributed by atoms with Crippen LogP contribution in [-0.4, -0.2) is 14.5 Å². The number of hydrogen-bond acceptors (Lipinski definition) is 5. The molecule has 0 saturated carbocycles. The molecule has 0 amide bonds. The van der Waals surface area contributed by atoms with E-state index in [1.54, 1.807) is 12.1 Å². The molecule has 7 heteroatoms. The molecular formula is C9H8N4O3. The normalized spacial score (nSPS) is 10.6. The summed E-state index contributed by atoms with van der Waals surface area (Å²) < 4.78 is 1.11. The molecule has 0 aromatic carbocycles. The van der Waals surface area contributed by atoms with Gasteiger partial charge in [-0.25, -0.2) is 4.98 Å². The summed E-state index contributed by atoms with van der Waals surface area (Å²) >= 11 is 0. The molecule has 0 bridgehead atoms. The summed E-state index contributed by atoms with van der Waals surface area (Å²) in [4.78, 5) is 25.6. The van der Waals surface area contributed by atoms with E-state index in [0.717, 1.165) is 4.57 Å². The first-order chi connectivity index (χ1) is 7.54. The maximum Gasteiger partial charge on any atom is 0.357 e. The number of fused-ring (bicyclic) bond motifs is 1. The Morgan fingerprint density at radius 1 is 1.56 bits per heavy atom. The third-order valence-electron chi connectivity index (χ3n) is 2.34. The Bertz CT molecular complexity index is 647. The lowest BCUT2D eigenvalue weighted by Crippen LogP contribution is -2.22. The molecule has 0 radical (unpaired) electrons. The third-order valence-corrected chi connectivity index (χ3v) is 2.34. The molecule has 82 valence electrons. The van der Waals surface area contributed by atoms with Crippen LogP contribution in [0.2, 0.25) is 0 Å². The second-order valence-electron chi connectivity index (χ2n) is 3.26. The number of nitrogens with two attached hydrogens (primary N) is 1. The molecule has 2 heterocycles. The van der Waals surface area contributed by atoms with Gasteiger partial charge >= 0.3 is 11.2 Å². The maximum atomic E-state index is 11.6. The Morgan fingerprint density at radius 3 is 2.88 bits per heavy atom. The summed E-state index contributed by atoms with van der Waals surface area (Å²) in [6.45, 7) is 0. The second kappa shape index (κ2) is 3.30. The molecule has 0 aliphatic carbocycles. The van der Waals surface area contributed by atoms with Crippen molar-refractivity contribution in [1.29, 1.82) is 0 Å². The second-order valence-corrected chi connectivity index (χ2v) is 3.26. The van der Waals surface area contributed by atoms with Crippen LogP contribution in [0.1, 0.15) is 0 Å². The molecule has 0 aliphatic heterocycles. The largest absolute Gasteiger partial charge is 0.392 e. The monoisotopic (exact) mass is 220 g/mol. The van der Waals surface area contributed by atoms with Crippen molar-refractivity contribution in [3.05, 3.63) is 38.8 Å². The average Bonchev–Trinajstić information content (AvgIpc) is 2.26. The predicted molar refractivity (Wildman–Crippen MR) is 58.1 cm³/mol. The van der Waals surface area contributed by atoms with E-state index in [-0.39, 0.29) is 5.69 Å². The van der Waals surface area contributed by atoms with Crippen molar-refractivity contribution >= 4 is 22.4 Å². The summed E-state index contributed by atoms with van der Waals surface area (Å²) in [5.74, 6) is 0. The van der Waals surface area contributed by atoms with E-state index in [4.69, 9.17) is 5.73 Å². The molecule has 0 aliphatic rings. The number of nitrogen functional groups attached to an aromatic ring is 1. The van der Waals surface area contributed by atoms with Crippen LogP contribution >= 0.6 is 0 Å². The Kier molecular flexibility index (Phi) is 2.08. The van der Waals surface area contributed by atoms with Crippen LogP contribution in [0.15, 0.2) is 23.1 Å². The highest BCUT2D eigenvalue weighted by molar-refractivity contribution is 5.92. The number of aryl methyl sites for hydroxylation is 1. The number of anilines is 1. The minimum atomic E-state index is -0.774. The molecule has 2 rings (SSSR count). The van der Waals surface area contributed by atoms with E-state index in [9.17, 15) is 14.9 Å². The quantitative estimate of drug-likeness (QED) is 0.554. The van der Waals surface area contributed by atoms with Gasteiger partial charge in [-0.15, -0.1) is 0 Å². The van der Waals surface area contributed by atoms with Crippen LogP contribution in [0, 0.1) is 10.1 Å². The molecule has 16 heavy (non-hydrogen) atoms. The first-order valence-electron chi connectivity index (χ1n) is 4.41. The molecule has 0 atom stereocenters. The molecular weight excluding hydrogens is 212 g/mol. The van der Waals surface area contributed by atoms with Crippen LogP contribution in [0.4, 0.5) is 11.4 Å². The Balaban J connectivity index is 3.07. The predicted octanol–water partition coefficient (Wildman–Crippen LogP) is 0.424. The van der Waals surface area contributed by atoms with Gasteiger partial charge in [0.1, 0.15) is 11.3 Å². The van der Waals surface area contributed by atoms with E-state index < -0.39 is 16.2 Å². The zero-order valence-corrected chi connectivity index (χ0v) is 8.38. The van der Waals surface area contributed by atoms with Crippen LogP contribution in [0.25, 0.3) is 11.0 Å². The van der Waals surface area contributed by atoms with Crippen molar-refractivity contribution in [3.63, 3.8) is 0 Å². The van der Waals surface area contributed by atoms with Gasteiger partial charge in [-0.2, -0.15) is 0 Å². The van der Waals surface area contributed by atoms with Crippen LogP contribution in [0.5, 0.6) is 0 Å². The average molecular weight is 220 g/mol. The number of aromatic nitrogens is 2. The summed E-state index contributed by atoms with van der Waals surface area (Å²) in [7, 11) is 1.42. The van der Waals surface area contributed by atoms with Gasteiger partial charge in [0.15, 0.2) is 0 Å². The summed E-state index contributed by atoms with van der Waals surface area (Å²) in [5, 5.41) is 11.1. The van der Waals surface area contributed by atoms with Crippen molar-refractivity contribution in [2.75, 3.05) is 5.73 Å². The Hall–Kier alpha value is -2.44. The highest BCUT2D eigenvalue weighted by Crippen LogP contribution is 2.24. The number of hydrogen-bond donors (Lipinski definition) is 1. The van der Waals surface area contributed by atoms with Crippen LogP contribution < -0.4 is 11.3 Å². The molecule has 0 fully saturated rings. The lowest BCUT2D eigenvalue weighted by molar-refractivity contribution is -0.385. The fourth-order valence-corrected chi connectivity index (χ4v) is 1.55. The van der Waals surface area contributed by atoms with Gasteiger partial charge in [0.2, 0.25) is 0 Å². The van der Waals surface area contributed by atoms with E-state index in [2.05, 4.69) is 4.98 Å². The fraction of sp³-hybridized carbons (Fsp3) is 0.111. The lowest BCUT2D eigenvalue weighted by atomic mass is 10.2. The van der Waals surface area contributed by atoms with Gasteiger partial charge < -0.3 is 5.73 Å². The lowest BCUT2D eigenvalue weighted by Gasteiger charge is -2.06. The minimum Gasteiger partial charge on any atom is -0.392 e. The van der Waals surface area contributed by atoms with E-state index in [1.165, 1.54) is 13.2 Å². The molecule has 7 nitrogen and oxygen atoms in total. The zero-order valence-electron chi connectivity index (χ0n) is 8.38. The van der Waals surface area contributed by atoms with Crippen molar-refractivity contribution in [3.8, 4) is 0 Å². The van der Waals surface area contributed by atoms with E-state index >= 15 is 0 Å². The van der Waals surface area contributed by atoms with Gasteiger partial charge in [-0.05, 0) is 12.1 Å². The van der Waals surface area contributed by atoms with Gasteiger partial charge in [0.05, 0.1) is 4.92 Å². The van der Waals surface area contributed by atoms with Gasteiger partial charge in [0.25, 0.3) is 0 Å². The first-order valence-corrected chi connectivity index (χ1v) is 4.41. The van der Waals surface area contributed by atoms with Crippen molar-refractivity contribution in [2.45, 2.75) is 0 Å². The first kappa shape index (κ1) is 10.1.